The lowest BCUT2D eigenvalue weighted by molar-refractivity contribution is 0.262. The number of nitrogens with zero attached hydrogens (tertiary/aromatic N) is 1. The molecule has 0 saturated heterocycles. The van der Waals surface area contributed by atoms with Gasteiger partial charge in [0.2, 0.25) is 0 Å². The molecule has 0 aliphatic heterocycles. The van der Waals surface area contributed by atoms with Crippen LogP contribution in [0.15, 0.2) is 30.6 Å². The molecule has 0 amide bonds. The predicted octanol–water partition coefficient (Wildman–Crippen LogP) is 2.08. The van der Waals surface area contributed by atoms with Crippen LogP contribution in [-0.2, 0) is 14.6 Å². The standard InChI is InChI=1S/C5H5N.C5H12O4S/c1-2-4-6-5-3-1;1-2-3-4-5-9-10(6,7)8/h1-5H;2-5H2,1H3,(H,6,7,8). The largest absolute Gasteiger partial charge is 0.397 e. The molecule has 0 bridgehead atoms. The fourth-order valence-corrected chi connectivity index (χ4v) is 1.16. The van der Waals surface area contributed by atoms with Gasteiger partial charge in [0.25, 0.3) is 0 Å². The molecule has 1 heterocycles. The molecule has 0 aliphatic carbocycles. The molecule has 1 rings (SSSR count). The first-order valence-electron chi connectivity index (χ1n) is 5.03. The van der Waals surface area contributed by atoms with Gasteiger partial charge in [-0.05, 0) is 18.6 Å². The summed E-state index contributed by atoms with van der Waals surface area (Å²) in [6.07, 6.45) is 6.07. The van der Waals surface area contributed by atoms with Crippen molar-refractivity contribution in [3.63, 3.8) is 0 Å². The molecule has 0 spiro atoms. The highest BCUT2D eigenvalue weighted by Gasteiger charge is 2.01. The SMILES string of the molecule is CCCCCOS(=O)(=O)O.c1ccncc1. The zero-order valence-corrected chi connectivity index (χ0v) is 10.1. The molecule has 92 valence electrons. The minimum atomic E-state index is -4.20. The van der Waals surface area contributed by atoms with Crippen LogP contribution in [0.3, 0.4) is 0 Å². The highest BCUT2D eigenvalue weighted by atomic mass is 32.3. The Morgan fingerprint density at radius 3 is 2.12 bits per heavy atom. The van der Waals surface area contributed by atoms with Crippen molar-refractivity contribution in [1.29, 1.82) is 0 Å². The van der Waals surface area contributed by atoms with Crippen LogP contribution in [0.2, 0.25) is 0 Å². The number of hydrogen-bond acceptors (Lipinski definition) is 4. The summed E-state index contributed by atoms with van der Waals surface area (Å²) in [7, 11) is -4.20. The molecule has 0 fully saturated rings. The molecule has 0 radical (unpaired) electrons. The Bertz CT molecular complexity index is 312. The quantitative estimate of drug-likeness (QED) is 0.636. The van der Waals surface area contributed by atoms with Crippen LogP contribution in [0.1, 0.15) is 26.2 Å². The Morgan fingerprint density at radius 1 is 1.19 bits per heavy atom. The summed E-state index contributed by atoms with van der Waals surface area (Å²) in [5.74, 6) is 0. The van der Waals surface area contributed by atoms with Crippen LogP contribution < -0.4 is 0 Å². The van der Waals surface area contributed by atoms with Crippen LogP contribution in [0.5, 0.6) is 0 Å². The van der Waals surface area contributed by atoms with E-state index in [2.05, 4.69) is 9.17 Å². The predicted molar refractivity (Wildman–Crippen MR) is 61.3 cm³/mol. The Labute approximate surface area is 96.4 Å². The highest BCUT2D eigenvalue weighted by molar-refractivity contribution is 7.80. The average Bonchev–Trinajstić information content (AvgIpc) is 2.27. The van der Waals surface area contributed by atoms with E-state index in [9.17, 15) is 8.42 Å². The van der Waals surface area contributed by atoms with Gasteiger partial charge in [-0.2, -0.15) is 8.42 Å². The van der Waals surface area contributed by atoms with Gasteiger partial charge < -0.3 is 0 Å². The van der Waals surface area contributed by atoms with Gasteiger partial charge in [0.1, 0.15) is 0 Å². The molecule has 1 aromatic rings. The van der Waals surface area contributed by atoms with E-state index in [4.69, 9.17) is 4.55 Å². The third kappa shape index (κ3) is 13.0. The van der Waals surface area contributed by atoms with E-state index in [1.54, 1.807) is 12.4 Å². The second kappa shape index (κ2) is 9.26. The lowest BCUT2D eigenvalue weighted by Gasteiger charge is -1.96. The topological polar surface area (TPSA) is 76.5 Å². The van der Waals surface area contributed by atoms with Crippen molar-refractivity contribution < 1.29 is 17.2 Å². The van der Waals surface area contributed by atoms with Crippen LogP contribution in [0, 0.1) is 0 Å². The van der Waals surface area contributed by atoms with Crippen LogP contribution in [0.4, 0.5) is 0 Å². The van der Waals surface area contributed by atoms with Gasteiger partial charge in [-0.15, -0.1) is 0 Å². The van der Waals surface area contributed by atoms with E-state index in [1.807, 2.05) is 25.1 Å². The fourth-order valence-electron chi connectivity index (χ4n) is 0.829. The maximum atomic E-state index is 9.93. The van der Waals surface area contributed by atoms with Gasteiger partial charge in [-0.1, -0.05) is 25.8 Å². The second-order valence-corrected chi connectivity index (χ2v) is 4.07. The smallest absolute Gasteiger partial charge is 0.265 e. The molecule has 1 N–H and O–H groups in total. The molecular formula is C10H17NO4S. The highest BCUT2D eigenvalue weighted by Crippen LogP contribution is 1.96. The first-order valence-corrected chi connectivity index (χ1v) is 6.39. The maximum Gasteiger partial charge on any atom is 0.397 e. The third-order valence-electron chi connectivity index (χ3n) is 1.55. The summed E-state index contributed by atoms with van der Waals surface area (Å²) in [4.78, 5) is 3.78. The molecule has 5 nitrogen and oxygen atoms in total. The van der Waals surface area contributed by atoms with Crippen molar-refractivity contribution >= 4 is 10.4 Å². The van der Waals surface area contributed by atoms with Gasteiger partial charge in [0.05, 0.1) is 6.61 Å². The lowest BCUT2D eigenvalue weighted by Crippen LogP contribution is -2.04. The number of pyridine rings is 1. The molecule has 6 heteroatoms. The maximum absolute atomic E-state index is 9.93. The number of unbranched alkanes of at least 4 members (excludes halogenated alkanes) is 2. The Hall–Kier alpha value is -0.980. The third-order valence-corrected chi connectivity index (χ3v) is 2.01. The van der Waals surface area contributed by atoms with Gasteiger partial charge >= 0.3 is 10.4 Å². The molecule has 1 aromatic heterocycles. The monoisotopic (exact) mass is 247 g/mol. The number of aromatic nitrogens is 1. The summed E-state index contributed by atoms with van der Waals surface area (Å²) >= 11 is 0. The molecule has 0 saturated carbocycles. The normalized spacial score (nSPS) is 10.4. The Balaban J connectivity index is 0.000000315. The minimum Gasteiger partial charge on any atom is -0.265 e. The lowest BCUT2D eigenvalue weighted by atomic mass is 10.3. The molecule has 0 aliphatic rings. The van der Waals surface area contributed by atoms with Crippen LogP contribution in [0.25, 0.3) is 0 Å². The molecular weight excluding hydrogens is 230 g/mol. The van der Waals surface area contributed by atoms with E-state index < -0.39 is 10.4 Å². The molecule has 0 aromatic carbocycles. The van der Waals surface area contributed by atoms with Crippen molar-refractivity contribution in [3.05, 3.63) is 30.6 Å². The Kier molecular flexibility index (Phi) is 8.69. The van der Waals surface area contributed by atoms with Gasteiger partial charge in [-0.25, -0.2) is 4.18 Å². The molecule has 0 atom stereocenters. The van der Waals surface area contributed by atoms with Gasteiger partial charge in [0.15, 0.2) is 0 Å². The first kappa shape index (κ1) is 15.0. The number of rotatable bonds is 5. The first-order chi connectivity index (χ1) is 7.56. The van der Waals surface area contributed by atoms with Crippen LogP contribution in [-0.4, -0.2) is 24.6 Å². The molecule has 16 heavy (non-hydrogen) atoms. The van der Waals surface area contributed by atoms with E-state index in [-0.39, 0.29) is 6.61 Å². The minimum absolute atomic E-state index is 0.0761. The number of hydrogen-bond donors (Lipinski definition) is 1. The summed E-state index contributed by atoms with van der Waals surface area (Å²) in [6, 6.07) is 5.72. The van der Waals surface area contributed by atoms with Crippen molar-refractivity contribution in [2.75, 3.05) is 6.61 Å². The summed E-state index contributed by atoms with van der Waals surface area (Å²) < 4.78 is 32.0. The molecule has 0 unspecified atom stereocenters. The van der Waals surface area contributed by atoms with Gasteiger partial charge in [-0.3, -0.25) is 9.54 Å². The average molecular weight is 247 g/mol. The van der Waals surface area contributed by atoms with Crippen molar-refractivity contribution in [1.82, 2.24) is 4.98 Å². The summed E-state index contributed by atoms with van der Waals surface area (Å²) in [5.41, 5.74) is 0. The van der Waals surface area contributed by atoms with E-state index in [0.717, 1.165) is 12.8 Å². The van der Waals surface area contributed by atoms with Crippen LogP contribution >= 0.6 is 0 Å². The van der Waals surface area contributed by atoms with E-state index >= 15 is 0 Å². The van der Waals surface area contributed by atoms with Crippen molar-refractivity contribution in [2.45, 2.75) is 26.2 Å². The van der Waals surface area contributed by atoms with E-state index in [1.165, 1.54) is 0 Å². The summed E-state index contributed by atoms with van der Waals surface area (Å²) in [5, 5.41) is 0. The fraction of sp³-hybridized carbons (Fsp3) is 0.500. The summed E-state index contributed by atoms with van der Waals surface area (Å²) in [6.45, 7) is 2.07. The van der Waals surface area contributed by atoms with Crippen molar-refractivity contribution in [2.24, 2.45) is 0 Å². The van der Waals surface area contributed by atoms with Crippen molar-refractivity contribution in [3.8, 4) is 0 Å². The zero-order valence-electron chi connectivity index (χ0n) is 9.24. The van der Waals surface area contributed by atoms with E-state index in [0.29, 0.717) is 6.42 Å². The van der Waals surface area contributed by atoms with Gasteiger partial charge in [0, 0.05) is 12.4 Å². The second-order valence-electron chi connectivity index (χ2n) is 2.98. The Morgan fingerprint density at radius 2 is 1.81 bits per heavy atom. The zero-order chi connectivity index (χ0) is 12.3.